The molecule has 0 rings (SSSR count). The summed E-state index contributed by atoms with van der Waals surface area (Å²) in [6.07, 6.45) is 12.3. The lowest BCUT2D eigenvalue weighted by molar-refractivity contribution is -0.146. The number of amides is 1. The summed E-state index contributed by atoms with van der Waals surface area (Å²) in [5, 5.41) is 10.9. The fourth-order valence-electron chi connectivity index (χ4n) is 2.99. The van der Waals surface area contributed by atoms with E-state index in [0.29, 0.717) is 19.6 Å². The van der Waals surface area contributed by atoms with Crippen molar-refractivity contribution >= 4 is 18.0 Å². The third kappa shape index (κ3) is 23.1. The second-order valence-corrected chi connectivity index (χ2v) is 8.35. The van der Waals surface area contributed by atoms with Crippen LogP contribution >= 0.6 is 0 Å². The average molecular weight is 475 g/mol. The van der Waals surface area contributed by atoms with Crippen LogP contribution in [0.2, 0.25) is 0 Å². The first-order valence-corrected chi connectivity index (χ1v) is 12.9. The number of carboxylic acid groups (broad SMARTS) is 1. The van der Waals surface area contributed by atoms with Gasteiger partial charge in [-0.1, -0.05) is 91.9 Å². The number of carbonyl (C=O) groups is 3. The SMILES string of the molecule is CCCCCOC(=O)C(CCCCC)NC(=O)O.CCCCCOC(=O)C(N)CCCCC. The number of unbranched alkanes of at least 4 members (excludes halogenated alkanes) is 8. The number of carbonyl (C=O) groups excluding carboxylic acids is 2. The molecule has 1 amide bonds. The summed E-state index contributed by atoms with van der Waals surface area (Å²) >= 11 is 0. The summed E-state index contributed by atoms with van der Waals surface area (Å²) in [4.78, 5) is 33.6. The zero-order valence-electron chi connectivity index (χ0n) is 21.5. The molecule has 33 heavy (non-hydrogen) atoms. The van der Waals surface area contributed by atoms with Crippen molar-refractivity contribution in [2.45, 2.75) is 130 Å². The molecule has 0 fully saturated rings. The molecule has 0 aliphatic carbocycles. The van der Waals surface area contributed by atoms with E-state index in [4.69, 9.17) is 20.3 Å². The van der Waals surface area contributed by atoms with Crippen LogP contribution in [0.4, 0.5) is 4.79 Å². The maximum absolute atomic E-state index is 11.7. The third-order valence-electron chi connectivity index (χ3n) is 5.08. The van der Waals surface area contributed by atoms with Crippen LogP contribution in [0.1, 0.15) is 118 Å². The number of ether oxygens (including phenoxy) is 2. The first-order valence-electron chi connectivity index (χ1n) is 12.9. The Kier molecular flexibility index (Phi) is 25.1. The molecule has 0 aromatic carbocycles. The lowest BCUT2D eigenvalue weighted by atomic mass is 10.1. The van der Waals surface area contributed by atoms with Gasteiger partial charge in [-0.05, 0) is 25.7 Å². The number of esters is 2. The molecular weight excluding hydrogens is 424 g/mol. The van der Waals surface area contributed by atoms with Gasteiger partial charge in [-0.3, -0.25) is 4.79 Å². The zero-order chi connectivity index (χ0) is 25.3. The summed E-state index contributed by atoms with van der Waals surface area (Å²) in [6, 6.07) is -1.14. The van der Waals surface area contributed by atoms with Gasteiger partial charge in [-0.25, -0.2) is 9.59 Å². The Morgan fingerprint density at radius 2 is 1.12 bits per heavy atom. The van der Waals surface area contributed by atoms with Gasteiger partial charge in [-0.15, -0.1) is 0 Å². The van der Waals surface area contributed by atoms with Crippen LogP contribution in [-0.4, -0.2) is 48.4 Å². The van der Waals surface area contributed by atoms with Crippen LogP contribution in [0.3, 0.4) is 0 Å². The van der Waals surface area contributed by atoms with Gasteiger partial charge in [0.2, 0.25) is 0 Å². The minimum Gasteiger partial charge on any atom is -0.465 e. The molecule has 0 aromatic rings. The minimum atomic E-state index is -1.18. The van der Waals surface area contributed by atoms with Crippen molar-refractivity contribution in [3.05, 3.63) is 0 Å². The van der Waals surface area contributed by atoms with Gasteiger partial charge in [0, 0.05) is 0 Å². The number of hydrogen-bond acceptors (Lipinski definition) is 6. The Bertz CT molecular complexity index is 488. The number of nitrogens with one attached hydrogen (secondary N) is 1. The van der Waals surface area contributed by atoms with Crippen molar-refractivity contribution in [1.29, 1.82) is 0 Å². The van der Waals surface area contributed by atoms with Gasteiger partial charge >= 0.3 is 18.0 Å². The highest BCUT2D eigenvalue weighted by molar-refractivity contribution is 5.80. The van der Waals surface area contributed by atoms with Crippen LogP contribution in [0.15, 0.2) is 0 Å². The predicted molar refractivity (Wildman–Crippen MR) is 132 cm³/mol. The molecular formula is C25H50N2O6. The van der Waals surface area contributed by atoms with Crippen LogP contribution in [0.5, 0.6) is 0 Å². The Morgan fingerprint density at radius 3 is 1.58 bits per heavy atom. The molecule has 0 aliphatic heterocycles. The van der Waals surface area contributed by atoms with E-state index in [1.807, 2.05) is 0 Å². The average Bonchev–Trinajstić information content (AvgIpc) is 2.79. The summed E-state index contributed by atoms with van der Waals surface area (Å²) in [6.45, 7) is 9.28. The predicted octanol–water partition coefficient (Wildman–Crippen LogP) is 5.56. The maximum atomic E-state index is 11.7. The van der Waals surface area contributed by atoms with Gasteiger partial charge < -0.3 is 25.6 Å². The molecule has 0 spiro atoms. The van der Waals surface area contributed by atoms with Crippen LogP contribution in [0.25, 0.3) is 0 Å². The van der Waals surface area contributed by atoms with E-state index in [2.05, 4.69) is 33.0 Å². The molecule has 2 unspecified atom stereocenters. The van der Waals surface area contributed by atoms with Crippen molar-refractivity contribution in [3.63, 3.8) is 0 Å². The lowest BCUT2D eigenvalue weighted by Crippen LogP contribution is -2.41. The molecule has 0 bridgehead atoms. The zero-order valence-corrected chi connectivity index (χ0v) is 21.5. The summed E-state index contributed by atoms with van der Waals surface area (Å²) in [7, 11) is 0. The smallest absolute Gasteiger partial charge is 0.405 e. The Hall–Kier alpha value is -1.83. The van der Waals surface area contributed by atoms with Gasteiger partial charge in [0.25, 0.3) is 0 Å². The minimum absolute atomic E-state index is 0.234. The van der Waals surface area contributed by atoms with Gasteiger partial charge in [0.1, 0.15) is 12.1 Å². The Morgan fingerprint density at radius 1 is 0.697 bits per heavy atom. The quantitative estimate of drug-likeness (QED) is 0.165. The molecule has 196 valence electrons. The van der Waals surface area contributed by atoms with Crippen molar-refractivity contribution < 1.29 is 29.0 Å². The maximum Gasteiger partial charge on any atom is 0.405 e. The van der Waals surface area contributed by atoms with E-state index < -0.39 is 24.1 Å². The van der Waals surface area contributed by atoms with E-state index >= 15 is 0 Å². The van der Waals surface area contributed by atoms with E-state index in [0.717, 1.165) is 83.5 Å². The lowest BCUT2D eigenvalue weighted by Gasteiger charge is -2.15. The number of rotatable bonds is 19. The van der Waals surface area contributed by atoms with E-state index in [1.54, 1.807) is 0 Å². The second kappa shape index (κ2) is 24.8. The molecule has 0 aromatic heterocycles. The van der Waals surface area contributed by atoms with E-state index in [-0.39, 0.29) is 5.97 Å². The van der Waals surface area contributed by atoms with Gasteiger partial charge in [-0.2, -0.15) is 0 Å². The first kappa shape index (κ1) is 33.3. The topological polar surface area (TPSA) is 128 Å². The van der Waals surface area contributed by atoms with Crippen molar-refractivity contribution in [3.8, 4) is 0 Å². The van der Waals surface area contributed by atoms with Crippen molar-refractivity contribution in [2.24, 2.45) is 5.73 Å². The third-order valence-corrected chi connectivity index (χ3v) is 5.08. The molecule has 0 heterocycles. The van der Waals surface area contributed by atoms with E-state index in [9.17, 15) is 14.4 Å². The molecule has 8 nitrogen and oxygen atoms in total. The highest BCUT2D eigenvalue weighted by Crippen LogP contribution is 2.06. The fourth-order valence-corrected chi connectivity index (χ4v) is 2.99. The molecule has 0 saturated carbocycles. The van der Waals surface area contributed by atoms with Crippen molar-refractivity contribution in [2.75, 3.05) is 13.2 Å². The molecule has 2 atom stereocenters. The van der Waals surface area contributed by atoms with Crippen molar-refractivity contribution in [1.82, 2.24) is 5.32 Å². The first-order chi connectivity index (χ1) is 15.8. The fraction of sp³-hybridized carbons (Fsp3) is 0.880. The Balaban J connectivity index is 0. The summed E-state index contributed by atoms with van der Waals surface area (Å²) in [5.41, 5.74) is 5.70. The highest BCUT2D eigenvalue weighted by atomic mass is 16.5. The van der Waals surface area contributed by atoms with Crippen LogP contribution < -0.4 is 11.1 Å². The standard InChI is InChI=1S/C13H25NO4.C12H25NO2/c1-3-5-7-9-11(14-13(16)17)12(15)18-10-8-6-4-2;1-3-5-7-9-11(13)12(14)15-10-8-6-4-2/h11,14H,3-10H2,1-2H3,(H,16,17);11H,3-10,13H2,1-2H3. The van der Waals surface area contributed by atoms with Gasteiger partial charge in [0.15, 0.2) is 0 Å². The van der Waals surface area contributed by atoms with Gasteiger partial charge in [0.05, 0.1) is 13.2 Å². The highest BCUT2D eigenvalue weighted by Gasteiger charge is 2.21. The van der Waals surface area contributed by atoms with E-state index in [1.165, 1.54) is 0 Å². The number of nitrogens with two attached hydrogens (primary N) is 1. The number of hydrogen-bond donors (Lipinski definition) is 3. The Labute approximate surface area is 201 Å². The van der Waals surface area contributed by atoms with Crippen LogP contribution in [0, 0.1) is 0 Å². The monoisotopic (exact) mass is 474 g/mol. The molecule has 0 radical (unpaired) electrons. The molecule has 8 heteroatoms. The largest absolute Gasteiger partial charge is 0.465 e. The molecule has 4 N–H and O–H groups in total. The molecule has 0 aliphatic rings. The molecule has 0 saturated heterocycles. The normalized spacial score (nSPS) is 12.2. The summed E-state index contributed by atoms with van der Waals surface area (Å²) in [5.74, 6) is -0.688. The second-order valence-electron chi connectivity index (χ2n) is 8.35. The summed E-state index contributed by atoms with van der Waals surface area (Å²) < 4.78 is 10.1. The van der Waals surface area contributed by atoms with Crippen LogP contribution in [-0.2, 0) is 19.1 Å².